The monoisotopic (exact) mass is 236 g/mol. The van der Waals surface area contributed by atoms with Crippen LogP contribution in [-0.4, -0.2) is 21.0 Å². The number of hydrogen-bond donors (Lipinski definition) is 1. The molecule has 0 unspecified atom stereocenters. The highest BCUT2D eigenvalue weighted by molar-refractivity contribution is 5.93. The van der Waals surface area contributed by atoms with Crippen LogP contribution in [0.1, 0.15) is 10.5 Å². The van der Waals surface area contributed by atoms with Gasteiger partial charge >= 0.3 is 11.7 Å². The van der Waals surface area contributed by atoms with Crippen LogP contribution in [0, 0.1) is 15.9 Å². The number of rotatable bonds is 2. The van der Waals surface area contributed by atoms with E-state index < -0.39 is 22.4 Å². The zero-order valence-corrected chi connectivity index (χ0v) is 8.25. The molecule has 0 amide bonds. The third-order valence-electron chi connectivity index (χ3n) is 2.20. The van der Waals surface area contributed by atoms with E-state index in [2.05, 4.69) is 4.98 Å². The largest absolute Gasteiger partial charge is 0.477 e. The molecule has 0 aliphatic rings. The van der Waals surface area contributed by atoms with Crippen LogP contribution in [0.15, 0.2) is 24.3 Å². The van der Waals surface area contributed by atoms with E-state index in [1.165, 1.54) is 12.1 Å². The second-order valence-electron chi connectivity index (χ2n) is 3.22. The third kappa shape index (κ3) is 1.78. The molecule has 2 aromatic rings. The molecule has 86 valence electrons. The summed E-state index contributed by atoms with van der Waals surface area (Å²) in [4.78, 5) is 24.2. The Labute approximate surface area is 93.5 Å². The van der Waals surface area contributed by atoms with Crippen molar-refractivity contribution in [3.8, 4) is 0 Å². The van der Waals surface area contributed by atoms with Crippen molar-refractivity contribution in [3.63, 3.8) is 0 Å². The van der Waals surface area contributed by atoms with Crippen LogP contribution < -0.4 is 0 Å². The van der Waals surface area contributed by atoms with Crippen molar-refractivity contribution in [3.05, 3.63) is 45.9 Å². The lowest BCUT2D eigenvalue weighted by atomic mass is 10.1. The lowest BCUT2D eigenvalue weighted by Gasteiger charge is -2.01. The van der Waals surface area contributed by atoms with E-state index in [1.54, 1.807) is 0 Å². The number of halogens is 1. The van der Waals surface area contributed by atoms with Gasteiger partial charge in [-0.1, -0.05) is 0 Å². The molecule has 1 aromatic carbocycles. The van der Waals surface area contributed by atoms with Gasteiger partial charge < -0.3 is 5.11 Å². The smallest absolute Gasteiger partial charge is 0.354 e. The summed E-state index contributed by atoms with van der Waals surface area (Å²) in [6.45, 7) is 0. The predicted octanol–water partition coefficient (Wildman–Crippen LogP) is 1.98. The van der Waals surface area contributed by atoms with Crippen molar-refractivity contribution < 1.29 is 19.2 Å². The van der Waals surface area contributed by atoms with E-state index in [9.17, 15) is 19.3 Å². The first-order chi connectivity index (χ1) is 8.00. The number of carbonyl (C=O) groups is 1. The van der Waals surface area contributed by atoms with Crippen LogP contribution in [0.5, 0.6) is 0 Å². The first-order valence-corrected chi connectivity index (χ1v) is 4.47. The molecule has 6 nitrogen and oxygen atoms in total. The van der Waals surface area contributed by atoms with Gasteiger partial charge in [-0.15, -0.1) is 0 Å². The second-order valence-corrected chi connectivity index (χ2v) is 3.22. The molecule has 0 aliphatic heterocycles. The van der Waals surface area contributed by atoms with Crippen LogP contribution in [0.3, 0.4) is 0 Å². The Hall–Kier alpha value is -2.57. The molecule has 7 heteroatoms. The standard InChI is InChI=1S/C10H5FN2O4/c11-6-2-4-7-5(9(6)13(16)17)1-3-8(12-7)10(14)15/h1-4H,(H,14,15). The minimum Gasteiger partial charge on any atom is -0.477 e. The van der Waals surface area contributed by atoms with Crippen LogP contribution in [0.4, 0.5) is 10.1 Å². The molecule has 2 rings (SSSR count). The first-order valence-electron chi connectivity index (χ1n) is 4.47. The Kier molecular flexibility index (Phi) is 2.43. The quantitative estimate of drug-likeness (QED) is 0.635. The van der Waals surface area contributed by atoms with Crippen LogP contribution in [0.25, 0.3) is 10.9 Å². The number of carboxylic acid groups (broad SMARTS) is 1. The van der Waals surface area contributed by atoms with E-state index in [0.29, 0.717) is 0 Å². The summed E-state index contributed by atoms with van der Waals surface area (Å²) < 4.78 is 13.2. The number of hydrogen-bond acceptors (Lipinski definition) is 4. The number of fused-ring (bicyclic) bond motifs is 1. The first kappa shape index (κ1) is 10.9. The normalized spacial score (nSPS) is 10.4. The van der Waals surface area contributed by atoms with E-state index in [0.717, 1.165) is 12.1 Å². The zero-order valence-electron chi connectivity index (χ0n) is 8.25. The molecule has 0 saturated heterocycles. The van der Waals surface area contributed by atoms with E-state index in [-0.39, 0.29) is 16.6 Å². The number of aromatic nitrogens is 1. The molecule has 1 N–H and O–H groups in total. The van der Waals surface area contributed by atoms with Crippen molar-refractivity contribution >= 4 is 22.6 Å². The van der Waals surface area contributed by atoms with Crippen LogP contribution in [0.2, 0.25) is 0 Å². The number of carboxylic acids is 1. The van der Waals surface area contributed by atoms with E-state index in [4.69, 9.17) is 5.11 Å². The van der Waals surface area contributed by atoms with Crippen molar-refractivity contribution in [1.82, 2.24) is 4.98 Å². The number of pyridine rings is 1. The molecular weight excluding hydrogens is 231 g/mol. The molecule has 0 atom stereocenters. The predicted molar refractivity (Wildman–Crippen MR) is 55.3 cm³/mol. The molecule has 0 radical (unpaired) electrons. The summed E-state index contributed by atoms with van der Waals surface area (Å²) in [5, 5.41) is 19.4. The maximum absolute atomic E-state index is 13.2. The number of nitrogens with zero attached hydrogens (tertiary/aromatic N) is 2. The van der Waals surface area contributed by atoms with Crippen molar-refractivity contribution in [2.45, 2.75) is 0 Å². The van der Waals surface area contributed by atoms with Gasteiger partial charge in [0, 0.05) is 0 Å². The molecule has 1 heterocycles. The van der Waals surface area contributed by atoms with Gasteiger partial charge in [-0.3, -0.25) is 10.1 Å². The molecule has 0 fully saturated rings. The maximum Gasteiger partial charge on any atom is 0.354 e. The van der Waals surface area contributed by atoms with Gasteiger partial charge in [0.15, 0.2) is 0 Å². The maximum atomic E-state index is 13.2. The minimum atomic E-state index is -1.25. The van der Waals surface area contributed by atoms with Gasteiger partial charge in [-0.25, -0.2) is 9.78 Å². The summed E-state index contributed by atoms with van der Waals surface area (Å²) in [5.41, 5.74) is -0.886. The molecule has 0 bridgehead atoms. The van der Waals surface area contributed by atoms with Gasteiger partial charge in [0.2, 0.25) is 5.82 Å². The molecule has 1 aromatic heterocycles. The van der Waals surface area contributed by atoms with Crippen molar-refractivity contribution in [2.24, 2.45) is 0 Å². The zero-order chi connectivity index (χ0) is 12.6. The topological polar surface area (TPSA) is 93.3 Å². The average molecular weight is 236 g/mol. The summed E-state index contributed by atoms with van der Waals surface area (Å²) in [7, 11) is 0. The molecule has 17 heavy (non-hydrogen) atoms. The molecule has 0 saturated carbocycles. The van der Waals surface area contributed by atoms with Gasteiger partial charge in [0.05, 0.1) is 15.8 Å². The van der Waals surface area contributed by atoms with Crippen molar-refractivity contribution in [2.75, 3.05) is 0 Å². The fourth-order valence-corrected chi connectivity index (χ4v) is 1.47. The average Bonchev–Trinajstić information content (AvgIpc) is 2.27. The summed E-state index contributed by atoms with van der Waals surface area (Å²) in [6, 6.07) is 4.35. The highest BCUT2D eigenvalue weighted by Gasteiger charge is 2.20. The fourth-order valence-electron chi connectivity index (χ4n) is 1.47. The van der Waals surface area contributed by atoms with Gasteiger partial charge in [0.1, 0.15) is 5.69 Å². The number of nitro groups is 1. The number of benzene rings is 1. The van der Waals surface area contributed by atoms with Gasteiger partial charge in [-0.05, 0) is 24.3 Å². The number of aromatic carboxylic acids is 1. The SMILES string of the molecule is O=C(O)c1ccc2c([N+](=O)[O-])c(F)ccc2n1. The lowest BCUT2D eigenvalue weighted by molar-refractivity contribution is -0.385. The van der Waals surface area contributed by atoms with Gasteiger partial charge in [0.25, 0.3) is 0 Å². The Balaban J connectivity index is 2.79. The minimum absolute atomic E-state index is 0.0278. The molecule has 0 aliphatic carbocycles. The van der Waals surface area contributed by atoms with Crippen molar-refractivity contribution in [1.29, 1.82) is 0 Å². The van der Waals surface area contributed by atoms with E-state index >= 15 is 0 Å². The molecule has 0 spiro atoms. The molecular formula is C10H5FN2O4. The second kappa shape index (κ2) is 3.78. The van der Waals surface area contributed by atoms with E-state index in [1.807, 2.05) is 0 Å². The van der Waals surface area contributed by atoms with Crippen LogP contribution in [-0.2, 0) is 0 Å². The summed E-state index contributed by atoms with van der Waals surface area (Å²) in [6.07, 6.45) is 0. The van der Waals surface area contributed by atoms with Gasteiger partial charge in [-0.2, -0.15) is 4.39 Å². The highest BCUT2D eigenvalue weighted by Crippen LogP contribution is 2.27. The Bertz CT molecular complexity index is 641. The number of nitro benzene ring substituents is 1. The third-order valence-corrected chi connectivity index (χ3v) is 2.20. The Morgan fingerprint density at radius 2 is 2.06 bits per heavy atom. The summed E-state index contributed by atoms with van der Waals surface area (Å²) >= 11 is 0. The Morgan fingerprint density at radius 1 is 1.35 bits per heavy atom. The summed E-state index contributed by atoms with van der Waals surface area (Å²) in [5.74, 6) is -2.23. The highest BCUT2D eigenvalue weighted by atomic mass is 19.1. The Morgan fingerprint density at radius 3 is 2.65 bits per heavy atom. The lowest BCUT2D eigenvalue weighted by Crippen LogP contribution is -2.01. The van der Waals surface area contributed by atoms with Crippen LogP contribution >= 0.6 is 0 Å². The fraction of sp³-hybridized carbons (Fsp3) is 0.